The number of hydrogen-bond acceptors (Lipinski definition) is 2. The number of nitrogens with zero attached hydrogens (tertiary/aromatic N) is 2. The second-order valence-electron chi connectivity index (χ2n) is 12.0. The van der Waals surface area contributed by atoms with Gasteiger partial charge in [-0.1, -0.05) is 113 Å². The van der Waals surface area contributed by atoms with Crippen molar-refractivity contribution in [2.75, 3.05) is 0 Å². The van der Waals surface area contributed by atoms with Crippen LogP contribution in [0, 0.1) is 0 Å². The Bertz CT molecular complexity index is 2290. The number of imidazole rings is 1. The lowest BCUT2D eigenvalue weighted by Crippen LogP contribution is -2.08. The number of hydrogen-bond donors (Lipinski definition) is 0. The molecule has 0 aliphatic heterocycles. The molecule has 42 heavy (non-hydrogen) atoms. The first-order valence-electron chi connectivity index (χ1n) is 14.9. The zero-order chi connectivity index (χ0) is 28.5. The van der Waals surface area contributed by atoms with Gasteiger partial charge in [0.2, 0.25) is 0 Å². The quantitative estimate of drug-likeness (QED) is 0.196. The van der Waals surface area contributed by atoms with E-state index < -0.39 is 0 Å². The average molecular weight is 561 g/mol. The molecule has 6 aromatic carbocycles. The van der Waals surface area contributed by atoms with Crippen LogP contribution in [0.4, 0.5) is 0 Å². The van der Waals surface area contributed by atoms with Crippen LogP contribution in [0.1, 0.15) is 50.7 Å². The van der Waals surface area contributed by atoms with E-state index in [9.17, 15) is 0 Å². The smallest absolute Gasteiger partial charge is 0.147 e. The van der Waals surface area contributed by atoms with Gasteiger partial charge in [0.1, 0.15) is 5.82 Å². The maximum Gasteiger partial charge on any atom is 0.147 e. The summed E-state index contributed by atoms with van der Waals surface area (Å²) in [6, 6.07) is 40.1. The van der Waals surface area contributed by atoms with Crippen molar-refractivity contribution in [3.8, 4) is 17.1 Å². The van der Waals surface area contributed by atoms with Crippen molar-refractivity contribution >= 4 is 64.1 Å². The third-order valence-corrected chi connectivity index (χ3v) is 9.96. The van der Waals surface area contributed by atoms with Crippen molar-refractivity contribution < 1.29 is 0 Å². The number of benzene rings is 6. The molecule has 0 atom stereocenters. The molecule has 0 fully saturated rings. The Labute approximate surface area is 249 Å². The van der Waals surface area contributed by atoms with Gasteiger partial charge in [-0.25, -0.2) is 4.98 Å². The molecular weight excluding hydrogens is 529 g/mol. The summed E-state index contributed by atoms with van der Waals surface area (Å²) in [7, 11) is 0. The summed E-state index contributed by atoms with van der Waals surface area (Å²) in [4.78, 5) is 5.35. The molecule has 0 unspecified atom stereocenters. The van der Waals surface area contributed by atoms with Gasteiger partial charge in [-0.05, 0) is 68.8 Å². The predicted molar refractivity (Wildman–Crippen MR) is 183 cm³/mol. The highest BCUT2D eigenvalue weighted by Gasteiger charge is 2.24. The molecular formula is C39H32N2S. The zero-order valence-corrected chi connectivity index (χ0v) is 25.2. The first kappa shape index (κ1) is 25.3. The molecule has 0 bridgehead atoms. The fraction of sp³-hybridized carbons (Fsp3) is 0.154. The molecule has 0 saturated carbocycles. The van der Waals surface area contributed by atoms with Gasteiger partial charge in [0.15, 0.2) is 0 Å². The minimum Gasteiger partial charge on any atom is -0.292 e. The standard InChI is InChI=1S/C39H32N2S/c1-23(2)26-13-9-14-27(24(3)4)37(26)41-34-18-8-7-17-33(34)40-39(41)32-16-10-15-31-36-30-20-19-25-11-5-6-12-28(25)29(30)21-22-35(36)42-38(31)32/h5-24H,1-4H3. The second kappa shape index (κ2) is 9.54. The van der Waals surface area contributed by atoms with E-state index in [1.54, 1.807) is 0 Å². The summed E-state index contributed by atoms with van der Waals surface area (Å²) in [5.41, 5.74) is 7.35. The molecule has 204 valence electrons. The van der Waals surface area contributed by atoms with Gasteiger partial charge in [0, 0.05) is 25.7 Å². The maximum atomic E-state index is 5.35. The fourth-order valence-electron chi connectivity index (χ4n) is 6.76. The molecule has 2 aromatic heterocycles. The molecule has 0 aliphatic carbocycles. The number of thiophene rings is 1. The lowest BCUT2D eigenvalue weighted by Gasteiger charge is -2.22. The number of aromatic nitrogens is 2. The fourth-order valence-corrected chi connectivity index (χ4v) is 7.99. The van der Waals surface area contributed by atoms with E-state index in [1.807, 2.05) is 11.3 Å². The van der Waals surface area contributed by atoms with Gasteiger partial charge in [-0.15, -0.1) is 11.3 Å². The molecule has 0 aliphatic rings. The van der Waals surface area contributed by atoms with Crippen LogP contribution in [-0.4, -0.2) is 9.55 Å². The summed E-state index contributed by atoms with van der Waals surface area (Å²) < 4.78 is 5.05. The van der Waals surface area contributed by atoms with Gasteiger partial charge in [-0.3, -0.25) is 4.57 Å². The van der Waals surface area contributed by atoms with Gasteiger partial charge in [0.25, 0.3) is 0 Å². The average Bonchev–Trinajstić information content (AvgIpc) is 3.59. The van der Waals surface area contributed by atoms with Crippen molar-refractivity contribution in [2.45, 2.75) is 39.5 Å². The Morgan fingerprint density at radius 2 is 1.29 bits per heavy atom. The van der Waals surface area contributed by atoms with E-state index in [1.165, 1.54) is 64.1 Å². The monoisotopic (exact) mass is 560 g/mol. The van der Waals surface area contributed by atoms with Crippen molar-refractivity contribution in [2.24, 2.45) is 0 Å². The largest absolute Gasteiger partial charge is 0.292 e. The van der Waals surface area contributed by atoms with E-state index in [4.69, 9.17) is 4.98 Å². The van der Waals surface area contributed by atoms with Crippen LogP contribution in [0.25, 0.3) is 69.8 Å². The first-order chi connectivity index (χ1) is 20.5. The van der Waals surface area contributed by atoms with Crippen molar-refractivity contribution in [3.63, 3.8) is 0 Å². The molecule has 0 spiro atoms. The van der Waals surface area contributed by atoms with Crippen LogP contribution < -0.4 is 0 Å². The summed E-state index contributed by atoms with van der Waals surface area (Å²) >= 11 is 1.88. The third-order valence-electron chi connectivity index (χ3n) is 8.75. The number of rotatable bonds is 4. The molecule has 8 aromatic rings. The van der Waals surface area contributed by atoms with E-state index >= 15 is 0 Å². The molecule has 2 nitrogen and oxygen atoms in total. The van der Waals surface area contributed by atoms with E-state index in [2.05, 4.69) is 141 Å². The minimum atomic E-state index is 0.383. The van der Waals surface area contributed by atoms with Crippen molar-refractivity contribution in [1.29, 1.82) is 0 Å². The Morgan fingerprint density at radius 1 is 0.595 bits per heavy atom. The van der Waals surface area contributed by atoms with Crippen molar-refractivity contribution in [3.05, 3.63) is 120 Å². The topological polar surface area (TPSA) is 17.8 Å². The third kappa shape index (κ3) is 3.66. The SMILES string of the molecule is CC(C)c1cccc(C(C)C)c1-n1c(-c2cccc3c2sc2ccc4c5ccccc5ccc4c23)nc2ccccc21. The molecule has 2 heterocycles. The molecule has 0 radical (unpaired) electrons. The van der Waals surface area contributed by atoms with Crippen LogP contribution in [0.2, 0.25) is 0 Å². The molecule has 8 rings (SSSR count). The highest BCUT2D eigenvalue weighted by atomic mass is 32.1. The Kier molecular flexibility index (Phi) is 5.74. The Morgan fingerprint density at radius 3 is 2.10 bits per heavy atom. The number of fused-ring (bicyclic) bond motifs is 8. The summed E-state index contributed by atoms with van der Waals surface area (Å²) in [6.45, 7) is 9.18. The zero-order valence-electron chi connectivity index (χ0n) is 24.3. The van der Waals surface area contributed by atoms with Crippen LogP contribution in [-0.2, 0) is 0 Å². The predicted octanol–water partition coefficient (Wildman–Crippen LogP) is 11.6. The summed E-state index contributed by atoms with van der Waals surface area (Å²) in [5, 5.41) is 7.85. The van der Waals surface area contributed by atoms with Gasteiger partial charge in [-0.2, -0.15) is 0 Å². The lowest BCUT2D eigenvalue weighted by molar-refractivity contribution is 0.811. The summed E-state index contributed by atoms with van der Waals surface area (Å²) in [6.07, 6.45) is 0. The Balaban J connectivity index is 1.49. The number of para-hydroxylation sites is 3. The van der Waals surface area contributed by atoms with Gasteiger partial charge in [0.05, 0.1) is 16.7 Å². The highest BCUT2D eigenvalue weighted by Crippen LogP contribution is 2.45. The first-order valence-corrected chi connectivity index (χ1v) is 15.7. The molecule has 3 heteroatoms. The molecule has 0 N–H and O–H groups in total. The van der Waals surface area contributed by atoms with Crippen LogP contribution in [0.3, 0.4) is 0 Å². The summed E-state index contributed by atoms with van der Waals surface area (Å²) in [5.74, 6) is 1.78. The maximum absolute atomic E-state index is 5.35. The minimum absolute atomic E-state index is 0.383. The Hall–Kier alpha value is -4.47. The lowest BCUT2D eigenvalue weighted by atomic mass is 9.92. The van der Waals surface area contributed by atoms with Crippen molar-refractivity contribution in [1.82, 2.24) is 9.55 Å². The van der Waals surface area contributed by atoms with Gasteiger partial charge >= 0.3 is 0 Å². The van der Waals surface area contributed by atoms with Gasteiger partial charge < -0.3 is 0 Å². The normalized spacial score (nSPS) is 12.2. The second-order valence-corrected chi connectivity index (χ2v) is 13.0. The van der Waals surface area contributed by atoms with E-state index in [0.717, 1.165) is 16.9 Å². The van der Waals surface area contributed by atoms with E-state index in [0.29, 0.717) is 11.8 Å². The molecule has 0 saturated heterocycles. The highest BCUT2D eigenvalue weighted by molar-refractivity contribution is 7.26. The van der Waals surface area contributed by atoms with E-state index in [-0.39, 0.29) is 0 Å². The van der Waals surface area contributed by atoms with Crippen LogP contribution in [0.5, 0.6) is 0 Å². The molecule has 0 amide bonds. The van der Waals surface area contributed by atoms with Crippen LogP contribution >= 0.6 is 11.3 Å². The van der Waals surface area contributed by atoms with Crippen LogP contribution in [0.15, 0.2) is 109 Å².